The number of nitrogens with one attached hydrogen (secondary N) is 3. The molecule has 130 valence electrons. The minimum atomic E-state index is -0.516. The summed E-state index contributed by atoms with van der Waals surface area (Å²) in [6, 6.07) is 8.11. The maximum absolute atomic E-state index is 14.2. The largest absolute Gasteiger partial charge is 0.394 e. The number of hydrogen-bond acceptors (Lipinski definition) is 4. The van der Waals surface area contributed by atoms with Gasteiger partial charge in [-0.15, -0.1) is 0 Å². The third-order valence-electron chi connectivity index (χ3n) is 3.42. The Kier molecular flexibility index (Phi) is 5.46. The van der Waals surface area contributed by atoms with E-state index < -0.39 is 11.7 Å². The van der Waals surface area contributed by atoms with Crippen molar-refractivity contribution in [2.75, 3.05) is 18.5 Å². The normalized spacial score (nSPS) is 10.8. The van der Waals surface area contributed by atoms with Crippen LogP contribution in [0.5, 0.6) is 0 Å². The van der Waals surface area contributed by atoms with Crippen LogP contribution < -0.4 is 15.2 Å². The summed E-state index contributed by atoms with van der Waals surface area (Å²) < 4.78 is 16.7. The zero-order valence-corrected chi connectivity index (χ0v) is 15.1. The van der Waals surface area contributed by atoms with Gasteiger partial charge in [0.05, 0.1) is 19.4 Å². The molecule has 0 aliphatic heterocycles. The first-order chi connectivity index (χ1) is 12.1. The average Bonchev–Trinajstić information content (AvgIpc) is 3.06. The molecule has 0 aliphatic rings. The van der Waals surface area contributed by atoms with Crippen molar-refractivity contribution < 1.29 is 23.5 Å². The van der Waals surface area contributed by atoms with Gasteiger partial charge in [-0.05, 0) is 52.9 Å². The van der Waals surface area contributed by atoms with E-state index in [9.17, 15) is 9.18 Å². The van der Waals surface area contributed by atoms with Crippen LogP contribution in [0.4, 0.5) is 15.9 Å². The fourth-order valence-corrected chi connectivity index (χ4v) is 2.74. The lowest BCUT2D eigenvalue weighted by Crippen LogP contribution is -2.31. The standard InChI is InChI=1S/C16H14FIN4O3/c17-13-7-10(18)1-4-14(13)20-15-12(16(24)21-25-6-5-23)3-2-11-8-19-9-22(11)15/h1-4,7-9,23H,5-6H2,(H2,20,21,24)/p+1. The smallest absolute Gasteiger partial charge is 0.281 e. The zero-order valence-electron chi connectivity index (χ0n) is 12.9. The van der Waals surface area contributed by atoms with Crippen molar-refractivity contribution in [1.29, 1.82) is 0 Å². The Morgan fingerprint density at radius 1 is 1.36 bits per heavy atom. The lowest BCUT2D eigenvalue weighted by Gasteiger charge is -2.10. The molecular weight excluding hydrogens is 442 g/mol. The number of carbonyl (C=O) groups is 1. The molecule has 0 unspecified atom stereocenters. The predicted octanol–water partition coefficient (Wildman–Crippen LogP) is 1.89. The van der Waals surface area contributed by atoms with Crippen LogP contribution in [0, 0.1) is 9.39 Å². The van der Waals surface area contributed by atoms with Gasteiger partial charge in [0.2, 0.25) is 5.82 Å². The summed E-state index contributed by atoms with van der Waals surface area (Å²) in [6.07, 6.45) is 3.40. The van der Waals surface area contributed by atoms with Gasteiger partial charge in [-0.2, -0.15) is 0 Å². The number of aliphatic hydroxyl groups excluding tert-OH is 1. The van der Waals surface area contributed by atoms with E-state index in [2.05, 4.69) is 15.8 Å². The number of nitrogens with zero attached hydrogens (tertiary/aromatic N) is 1. The number of H-pyrrole nitrogens is 1. The molecule has 0 bridgehead atoms. The van der Waals surface area contributed by atoms with Crippen LogP contribution in [-0.4, -0.2) is 29.2 Å². The Hall–Kier alpha value is -2.24. The second-order valence-electron chi connectivity index (χ2n) is 5.08. The molecule has 0 fully saturated rings. The number of benzene rings is 1. The highest BCUT2D eigenvalue weighted by Crippen LogP contribution is 2.23. The number of fused-ring (bicyclic) bond motifs is 1. The Morgan fingerprint density at radius 2 is 2.20 bits per heavy atom. The van der Waals surface area contributed by atoms with E-state index in [1.165, 1.54) is 6.07 Å². The number of aromatic nitrogens is 2. The van der Waals surface area contributed by atoms with E-state index in [1.807, 2.05) is 22.6 Å². The van der Waals surface area contributed by atoms with Gasteiger partial charge in [0, 0.05) is 3.57 Å². The van der Waals surface area contributed by atoms with Crippen molar-refractivity contribution in [3.8, 4) is 0 Å². The molecule has 0 saturated carbocycles. The topological polar surface area (TPSA) is 90.5 Å². The highest BCUT2D eigenvalue weighted by atomic mass is 127. The summed E-state index contributed by atoms with van der Waals surface area (Å²) in [7, 11) is 0. The van der Waals surface area contributed by atoms with Gasteiger partial charge in [0.1, 0.15) is 16.8 Å². The number of aliphatic hydroxyl groups is 1. The zero-order chi connectivity index (χ0) is 17.8. The number of imidazole rings is 1. The Morgan fingerprint density at radius 3 is 2.96 bits per heavy atom. The average molecular weight is 457 g/mol. The van der Waals surface area contributed by atoms with Crippen LogP contribution in [0.15, 0.2) is 42.9 Å². The molecule has 3 aromatic rings. The van der Waals surface area contributed by atoms with E-state index in [0.717, 1.165) is 9.09 Å². The first-order valence-electron chi connectivity index (χ1n) is 7.36. The van der Waals surface area contributed by atoms with Crippen LogP contribution in [-0.2, 0) is 4.84 Å². The van der Waals surface area contributed by atoms with Crippen LogP contribution >= 0.6 is 22.6 Å². The lowest BCUT2D eigenvalue weighted by molar-refractivity contribution is -0.495. The number of amides is 1. The van der Waals surface area contributed by atoms with E-state index in [-0.39, 0.29) is 24.5 Å². The van der Waals surface area contributed by atoms with Crippen molar-refractivity contribution in [1.82, 2.24) is 10.5 Å². The molecule has 1 amide bonds. The van der Waals surface area contributed by atoms with Crippen LogP contribution in [0.2, 0.25) is 0 Å². The molecular formula is C16H15FIN4O3+. The molecule has 9 heteroatoms. The van der Waals surface area contributed by atoms with Crippen molar-refractivity contribution in [2.24, 2.45) is 0 Å². The molecule has 0 spiro atoms. The minimum absolute atomic E-state index is 0.0280. The lowest BCUT2D eigenvalue weighted by atomic mass is 10.2. The maximum atomic E-state index is 14.2. The molecule has 2 aromatic heterocycles. The SMILES string of the molecule is O=C(NOCCO)c1ccc2c[nH]c[n+]2c1Nc1ccc(I)cc1F. The second-order valence-corrected chi connectivity index (χ2v) is 6.33. The highest BCUT2D eigenvalue weighted by Gasteiger charge is 2.21. The fraction of sp³-hybridized carbons (Fsp3) is 0.125. The molecule has 1 aromatic carbocycles. The third-order valence-corrected chi connectivity index (χ3v) is 4.09. The van der Waals surface area contributed by atoms with E-state index in [4.69, 9.17) is 9.94 Å². The quantitative estimate of drug-likeness (QED) is 0.197. The molecule has 25 heavy (non-hydrogen) atoms. The Labute approximate surface area is 155 Å². The van der Waals surface area contributed by atoms with Gasteiger partial charge in [-0.3, -0.25) is 19.9 Å². The van der Waals surface area contributed by atoms with Crippen molar-refractivity contribution in [3.05, 3.63) is 57.8 Å². The number of anilines is 2. The first kappa shape index (κ1) is 17.6. The number of rotatable bonds is 6. The van der Waals surface area contributed by atoms with Gasteiger partial charge in [0.15, 0.2) is 12.1 Å². The minimum Gasteiger partial charge on any atom is -0.394 e. The monoisotopic (exact) mass is 457 g/mol. The van der Waals surface area contributed by atoms with E-state index >= 15 is 0 Å². The molecule has 4 N–H and O–H groups in total. The molecule has 0 saturated heterocycles. The number of hydrogen-bond donors (Lipinski definition) is 4. The maximum Gasteiger partial charge on any atom is 0.281 e. The summed E-state index contributed by atoms with van der Waals surface area (Å²) in [5.74, 6) is -0.565. The number of carbonyl (C=O) groups excluding carboxylic acids is 1. The third kappa shape index (κ3) is 3.89. The second kappa shape index (κ2) is 7.76. The molecule has 0 atom stereocenters. The predicted molar refractivity (Wildman–Crippen MR) is 96.9 cm³/mol. The number of hydroxylamine groups is 1. The van der Waals surface area contributed by atoms with Gasteiger partial charge in [0.25, 0.3) is 5.91 Å². The van der Waals surface area contributed by atoms with Crippen molar-refractivity contribution in [3.63, 3.8) is 0 Å². The molecule has 3 rings (SSSR count). The number of aromatic amines is 1. The van der Waals surface area contributed by atoms with Crippen LogP contribution in [0.25, 0.3) is 5.52 Å². The van der Waals surface area contributed by atoms with Gasteiger partial charge >= 0.3 is 0 Å². The summed E-state index contributed by atoms with van der Waals surface area (Å²) in [5.41, 5.74) is 3.54. The van der Waals surface area contributed by atoms with Gasteiger partial charge in [-0.1, -0.05) is 0 Å². The molecule has 0 aliphatic carbocycles. The van der Waals surface area contributed by atoms with Crippen LogP contribution in [0.3, 0.4) is 0 Å². The summed E-state index contributed by atoms with van der Waals surface area (Å²) in [4.78, 5) is 20.2. The fourth-order valence-electron chi connectivity index (χ4n) is 2.29. The van der Waals surface area contributed by atoms with Crippen molar-refractivity contribution >= 4 is 45.5 Å². The Bertz CT molecular complexity index is 916. The van der Waals surface area contributed by atoms with Gasteiger partial charge in [-0.25, -0.2) is 14.3 Å². The highest BCUT2D eigenvalue weighted by molar-refractivity contribution is 14.1. The number of halogens is 2. The summed E-state index contributed by atoms with van der Waals surface area (Å²) >= 11 is 2.02. The molecule has 0 radical (unpaired) electrons. The molecule has 7 nitrogen and oxygen atoms in total. The Balaban J connectivity index is 2.00. The molecule has 2 heterocycles. The van der Waals surface area contributed by atoms with Crippen molar-refractivity contribution in [2.45, 2.75) is 0 Å². The van der Waals surface area contributed by atoms with E-state index in [0.29, 0.717) is 5.82 Å². The number of pyridine rings is 1. The van der Waals surface area contributed by atoms with Crippen LogP contribution in [0.1, 0.15) is 10.4 Å². The first-order valence-corrected chi connectivity index (χ1v) is 8.44. The summed E-state index contributed by atoms with van der Waals surface area (Å²) in [5, 5.41) is 11.7. The van der Waals surface area contributed by atoms with E-state index in [1.54, 1.807) is 41.2 Å². The van der Waals surface area contributed by atoms with Gasteiger partial charge < -0.3 is 5.11 Å². The summed E-state index contributed by atoms with van der Waals surface area (Å²) in [6.45, 7) is -0.245.